The molecule has 0 bridgehead atoms. The molecule has 1 N–H and O–H groups in total. The molecule has 1 aliphatic heterocycles. The van der Waals surface area contributed by atoms with E-state index in [4.69, 9.17) is 4.74 Å². The normalized spacial score (nSPS) is 20.8. The number of nitrogens with zero attached hydrogens (tertiary/aromatic N) is 6. The lowest BCUT2D eigenvalue weighted by Crippen LogP contribution is -2.56. The Hall–Kier alpha value is -3.82. The number of amides is 1. The molecule has 1 amide bonds. The maximum atomic E-state index is 15.3. The zero-order chi connectivity index (χ0) is 23.2. The topological polar surface area (TPSA) is 97.5 Å². The molecule has 9 nitrogen and oxygen atoms in total. The van der Waals surface area contributed by atoms with Crippen molar-refractivity contribution >= 4 is 28.4 Å². The monoisotopic (exact) mass is 449 g/mol. The molecule has 0 saturated carbocycles. The van der Waals surface area contributed by atoms with Crippen LogP contribution in [0.3, 0.4) is 0 Å². The van der Waals surface area contributed by atoms with E-state index in [2.05, 4.69) is 25.4 Å². The third kappa shape index (κ3) is 3.81. The number of hydrogen-bond acceptors (Lipinski definition) is 7. The number of likely N-dealkylation sites (tertiary alicyclic amines) is 1. The number of alkyl halides is 1. The van der Waals surface area contributed by atoms with Crippen LogP contribution in [0.25, 0.3) is 27.7 Å². The van der Waals surface area contributed by atoms with E-state index in [1.165, 1.54) is 18.7 Å². The predicted octanol–water partition coefficient (Wildman–Crippen LogP) is 3.11. The first-order chi connectivity index (χ1) is 15.9. The Morgan fingerprint density at radius 3 is 2.76 bits per heavy atom. The van der Waals surface area contributed by atoms with E-state index in [0.717, 1.165) is 22.2 Å². The molecular weight excluding hydrogens is 425 g/mol. The summed E-state index contributed by atoms with van der Waals surface area (Å²) in [5.74, 6) is 0.501. The third-order valence-electron chi connectivity index (χ3n) is 6.12. The summed E-state index contributed by atoms with van der Waals surface area (Å²) in [5.41, 5.74) is 2.48. The summed E-state index contributed by atoms with van der Waals surface area (Å²) in [5, 5.41) is 7.66. The van der Waals surface area contributed by atoms with Gasteiger partial charge in [-0.15, -0.1) is 5.10 Å². The summed E-state index contributed by atoms with van der Waals surface area (Å²) in [4.78, 5) is 26.4. The number of anilines is 1. The lowest BCUT2D eigenvalue weighted by atomic mass is 9.91. The summed E-state index contributed by atoms with van der Waals surface area (Å²) >= 11 is 0. The van der Waals surface area contributed by atoms with Crippen molar-refractivity contribution in [3.8, 4) is 17.0 Å². The van der Waals surface area contributed by atoms with Crippen LogP contribution >= 0.6 is 0 Å². The van der Waals surface area contributed by atoms with Crippen LogP contribution in [0, 0.1) is 0 Å². The highest BCUT2D eigenvalue weighted by Gasteiger charge is 2.41. The van der Waals surface area contributed by atoms with Gasteiger partial charge in [0, 0.05) is 37.6 Å². The largest absolute Gasteiger partial charge is 0.479 e. The molecule has 170 valence electrons. The van der Waals surface area contributed by atoms with Crippen LogP contribution in [0.4, 0.5) is 10.3 Å². The van der Waals surface area contributed by atoms with Gasteiger partial charge in [-0.3, -0.25) is 14.8 Å². The minimum Gasteiger partial charge on any atom is -0.479 e. The van der Waals surface area contributed by atoms with Crippen molar-refractivity contribution < 1.29 is 13.9 Å². The molecule has 0 unspecified atom stereocenters. The van der Waals surface area contributed by atoms with Crippen LogP contribution in [0.2, 0.25) is 0 Å². The molecule has 1 fully saturated rings. The number of fused-ring (bicyclic) bond motifs is 2. The second-order valence-electron chi connectivity index (χ2n) is 8.43. The van der Waals surface area contributed by atoms with Gasteiger partial charge in [-0.05, 0) is 37.1 Å². The van der Waals surface area contributed by atoms with Crippen LogP contribution < -0.4 is 10.1 Å². The average molecular weight is 449 g/mol. The molecule has 0 spiro atoms. The Morgan fingerprint density at radius 1 is 1.24 bits per heavy atom. The van der Waals surface area contributed by atoms with E-state index in [1.54, 1.807) is 24.0 Å². The van der Waals surface area contributed by atoms with Crippen molar-refractivity contribution in [2.24, 2.45) is 0 Å². The van der Waals surface area contributed by atoms with Crippen molar-refractivity contribution in [1.29, 1.82) is 0 Å². The Labute approximate surface area is 189 Å². The molecule has 1 saturated heterocycles. The lowest BCUT2D eigenvalue weighted by Gasteiger charge is -2.41. The zero-order valence-corrected chi connectivity index (χ0v) is 18.6. The number of methoxy groups -OCH3 is 1. The molecule has 3 aromatic heterocycles. The van der Waals surface area contributed by atoms with Gasteiger partial charge in [0.15, 0.2) is 0 Å². The van der Waals surface area contributed by atoms with Crippen LogP contribution in [0.15, 0.2) is 42.9 Å². The molecule has 5 rings (SSSR count). The predicted molar refractivity (Wildman–Crippen MR) is 122 cm³/mol. The number of hydrogen-bond donors (Lipinski definition) is 1. The molecule has 0 radical (unpaired) electrons. The molecule has 4 aromatic rings. The van der Waals surface area contributed by atoms with Gasteiger partial charge in [-0.1, -0.05) is 6.07 Å². The number of piperidine rings is 1. The van der Waals surface area contributed by atoms with E-state index in [-0.39, 0.29) is 18.4 Å². The lowest BCUT2D eigenvalue weighted by molar-refractivity contribution is -0.132. The summed E-state index contributed by atoms with van der Waals surface area (Å²) in [6, 6.07) is 7.23. The van der Waals surface area contributed by atoms with E-state index >= 15 is 4.39 Å². The molecule has 33 heavy (non-hydrogen) atoms. The number of ether oxygens (including phenoxy) is 1. The smallest absolute Gasteiger partial charge is 0.244 e. The first-order valence-corrected chi connectivity index (χ1v) is 10.7. The Morgan fingerprint density at radius 2 is 2.03 bits per heavy atom. The summed E-state index contributed by atoms with van der Waals surface area (Å²) < 4.78 is 22.6. The van der Waals surface area contributed by atoms with Crippen LogP contribution in [-0.4, -0.2) is 67.3 Å². The molecule has 2 atom stereocenters. The quantitative estimate of drug-likeness (QED) is 0.511. The number of rotatable bonds is 4. The third-order valence-corrected chi connectivity index (χ3v) is 6.12. The van der Waals surface area contributed by atoms with Crippen LogP contribution in [-0.2, 0) is 4.79 Å². The molecule has 0 aliphatic carbocycles. The molecule has 4 heterocycles. The highest BCUT2D eigenvalue weighted by atomic mass is 19.1. The van der Waals surface area contributed by atoms with Gasteiger partial charge in [0.1, 0.15) is 11.2 Å². The van der Waals surface area contributed by atoms with Gasteiger partial charge in [0.25, 0.3) is 0 Å². The fourth-order valence-corrected chi connectivity index (χ4v) is 4.35. The van der Waals surface area contributed by atoms with Crippen molar-refractivity contribution in [2.45, 2.75) is 32.0 Å². The molecule has 10 heteroatoms. The maximum Gasteiger partial charge on any atom is 0.244 e. The average Bonchev–Trinajstić information content (AvgIpc) is 3.23. The zero-order valence-electron chi connectivity index (χ0n) is 18.6. The van der Waals surface area contributed by atoms with E-state index < -0.39 is 11.7 Å². The molecular formula is C23H24FN7O2. The number of benzene rings is 1. The Balaban J connectivity index is 1.49. The summed E-state index contributed by atoms with van der Waals surface area (Å²) in [6.07, 6.45) is 5.58. The van der Waals surface area contributed by atoms with Gasteiger partial charge < -0.3 is 15.0 Å². The molecule has 1 aromatic carbocycles. The SMILES string of the molecule is COc1nc(N[C@@H]2CCN(C(C)=O)C[C@]2(C)F)nn2ccc(-c3ccc4nccnc4c3)c12. The van der Waals surface area contributed by atoms with Crippen molar-refractivity contribution in [3.63, 3.8) is 0 Å². The number of carbonyl (C=O) groups excluding carboxylic acids is 1. The first-order valence-electron chi connectivity index (χ1n) is 10.7. The van der Waals surface area contributed by atoms with Gasteiger partial charge in [-0.25, -0.2) is 8.91 Å². The molecule has 1 aliphatic rings. The minimum atomic E-state index is -1.62. The van der Waals surface area contributed by atoms with Gasteiger partial charge in [0.2, 0.25) is 17.7 Å². The number of carbonyl (C=O) groups is 1. The second-order valence-corrected chi connectivity index (χ2v) is 8.43. The Kier molecular flexibility index (Phi) is 5.07. The summed E-state index contributed by atoms with van der Waals surface area (Å²) in [6.45, 7) is 3.45. The standard InChI is InChI=1S/C23H24FN7O2/c1-14(32)30-10-7-19(23(2,24)13-30)27-22-28-21(33-3)20-16(6-11-31(20)29-22)15-4-5-17-18(12-15)26-9-8-25-17/h4-6,8-9,11-12,19H,7,10,13H2,1-3H3,(H,27,29)/t19-,23+/m1/s1. The van der Waals surface area contributed by atoms with Gasteiger partial charge in [-0.2, -0.15) is 4.98 Å². The van der Waals surface area contributed by atoms with E-state index in [0.29, 0.717) is 24.4 Å². The van der Waals surface area contributed by atoms with Crippen LogP contribution in [0.1, 0.15) is 20.3 Å². The van der Waals surface area contributed by atoms with Gasteiger partial charge in [0.05, 0.1) is 30.7 Å². The Bertz CT molecular complexity index is 1350. The number of halogens is 1. The van der Waals surface area contributed by atoms with Crippen molar-refractivity contribution in [3.05, 3.63) is 42.9 Å². The van der Waals surface area contributed by atoms with Crippen LogP contribution in [0.5, 0.6) is 5.88 Å². The maximum absolute atomic E-state index is 15.3. The van der Waals surface area contributed by atoms with E-state index in [9.17, 15) is 4.79 Å². The highest BCUT2D eigenvalue weighted by Crippen LogP contribution is 2.33. The second kappa shape index (κ2) is 7.95. The fourth-order valence-electron chi connectivity index (χ4n) is 4.35. The summed E-state index contributed by atoms with van der Waals surface area (Å²) in [7, 11) is 1.54. The number of aromatic nitrogens is 5. The minimum absolute atomic E-state index is 0.0257. The fraction of sp³-hybridized carbons (Fsp3) is 0.348. The van der Waals surface area contributed by atoms with E-state index in [1.807, 2.05) is 30.5 Å². The highest BCUT2D eigenvalue weighted by molar-refractivity contribution is 5.89. The first kappa shape index (κ1) is 21.0. The van der Waals surface area contributed by atoms with Crippen molar-refractivity contribution in [2.75, 3.05) is 25.5 Å². The number of nitrogens with one attached hydrogen (secondary N) is 1. The van der Waals surface area contributed by atoms with Crippen molar-refractivity contribution in [1.82, 2.24) is 29.5 Å². The van der Waals surface area contributed by atoms with Gasteiger partial charge >= 0.3 is 0 Å².